The molecule has 0 spiro atoms. The number of nitrogens with zero attached hydrogens (tertiary/aromatic N) is 3. The lowest BCUT2D eigenvalue weighted by Gasteiger charge is -2.27. The number of carbonyl (C=O) groups is 1. The Morgan fingerprint density at radius 2 is 1.82 bits per heavy atom. The molecule has 10 heteroatoms. The molecule has 0 atom stereocenters. The number of amides is 1. The highest BCUT2D eigenvalue weighted by Gasteiger charge is 2.29. The van der Waals surface area contributed by atoms with Crippen LogP contribution in [0.15, 0.2) is 53.6 Å². The van der Waals surface area contributed by atoms with Crippen LogP contribution >= 0.6 is 0 Å². The van der Waals surface area contributed by atoms with Gasteiger partial charge in [0.25, 0.3) is 5.91 Å². The number of aromatic nitrogens is 2. The lowest BCUT2D eigenvalue weighted by Crippen LogP contribution is -2.35. The first-order valence-corrected chi connectivity index (χ1v) is 12.6. The molecule has 1 N–H and O–H groups in total. The molecule has 34 heavy (non-hydrogen) atoms. The SMILES string of the molecule is CCOc1ccc(NC(=O)c2cnn(-c3ccc(F)cc3)c2C)cc1S(=O)(=O)N1CCCCC1. The van der Waals surface area contributed by atoms with Crippen LogP contribution < -0.4 is 10.1 Å². The minimum Gasteiger partial charge on any atom is -0.492 e. The molecule has 0 radical (unpaired) electrons. The zero-order valence-corrected chi connectivity index (χ0v) is 19.9. The van der Waals surface area contributed by atoms with Crippen molar-refractivity contribution in [3.8, 4) is 11.4 Å². The number of carbonyl (C=O) groups excluding carboxylic acids is 1. The van der Waals surface area contributed by atoms with E-state index >= 15 is 0 Å². The normalized spacial score (nSPS) is 14.7. The fraction of sp³-hybridized carbons (Fsp3) is 0.333. The van der Waals surface area contributed by atoms with E-state index in [-0.39, 0.29) is 16.5 Å². The summed E-state index contributed by atoms with van der Waals surface area (Å²) in [7, 11) is -3.77. The highest BCUT2D eigenvalue weighted by molar-refractivity contribution is 7.89. The zero-order chi connectivity index (χ0) is 24.3. The van der Waals surface area contributed by atoms with Crippen molar-refractivity contribution in [3.05, 3.63) is 65.7 Å². The van der Waals surface area contributed by atoms with Gasteiger partial charge in [0.2, 0.25) is 10.0 Å². The first-order valence-electron chi connectivity index (χ1n) is 11.2. The average molecular weight is 487 g/mol. The van der Waals surface area contributed by atoms with E-state index in [1.807, 2.05) is 0 Å². The first-order chi connectivity index (χ1) is 16.3. The molecule has 2 heterocycles. The molecule has 4 rings (SSSR count). The number of ether oxygens (including phenoxy) is 1. The summed E-state index contributed by atoms with van der Waals surface area (Å²) in [6.07, 6.45) is 4.06. The predicted octanol–water partition coefficient (Wildman–Crippen LogP) is 4.15. The summed E-state index contributed by atoms with van der Waals surface area (Å²) in [4.78, 5) is 13.0. The number of nitrogens with one attached hydrogen (secondary N) is 1. The molecule has 180 valence electrons. The fourth-order valence-electron chi connectivity index (χ4n) is 3.98. The Morgan fingerprint density at radius 1 is 1.12 bits per heavy atom. The van der Waals surface area contributed by atoms with Crippen molar-refractivity contribution in [3.63, 3.8) is 0 Å². The van der Waals surface area contributed by atoms with Crippen molar-refractivity contribution in [1.29, 1.82) is 0 Å². The number of rotatable bonds is 7. The molecule has 1 saturated heterocycles. The van der Waals surface area contributed by atoms with E-state index in [9.17, 15) is 17.6 Å². The lowest BCUT2D eigenvalue weighted by molar-refractivity contribution is 0.102. The molecule has 0 aliphatic carbocycles. The maximum absolute atomic E-state index is 13.3. The van der Waals surface area contributed by atoms with E-state index in [0.717, 1.165) is 19.3 Å². The van der Waals surface area contributed by atoms with Crippen molar-refractivity contribution in [2.24, 2.45) is 0 Å². The van der Waals surface area contributed by atoms with E-state index in [4.69, 9.17) is 4.74 Å². The molecule has 1 aliphatic heterocycles. The van der Waals surface area contributed by atoms with Crippen LogP contribution in [0.4, 0.5) is 10.1 Å². The Balaban J connectivity index is 1.61. The maximum atomic E-state index is 13.3. The number of piperidine rings is 1. The summed E-state index contributed by atoms with van der Waals surface area (Å²) in [5, 5.41) is 7.01. The van der Waals surface area contributed by atoms with Crippen molar-refractivity contribution < 1.29 is 22.3 Å². The lowest BCUT2D eigenvalue weighted by atomic mass is 10.2. The zero-order valence-electron chi connectivity index (χ0n) is 19.1. The molecule has 0 bridgehead atoms. The van der Waals surface area contributed by atoms with Crippen LogP contribution in [0.5, 0.6) is 5.75 Å². The predicted molar refractivity (Wildman–Crippen MR) is 126 cm³/mol. The van der Waals surface area contributed by atoms with Gasteiger partial charge in [0.15, 0.2) is 0 Å². The number of sulfonamides is 1. The third kappa shape index (κ3) is 4.83. The van der Waals surface area contributed by atoms with Crippen LogP contribution in [-0.4, -0.2) is 48.1 Å². The second-order valence-electron chi connectivity index (χ2n) is 8.05. The number of anilines is 1. The third-order valence-electron chi connectivity index (χ3n) is 5.76. The van der Waals surface area contributed by atoms with E-state index in [0.29, 0.717) is 42.3 Å². The van der Waals surface area contributed by atoms with Crippen molar-refractivity contribution in [1.82, 2.24) is 14.1 Å². The summed E-state index contributed by atoms with van der Waals surface area (Å²) < 4.78 is 48.5. The van der Waals surface area contributed by atoms with Gasteiger partial charge in [-0.1, -0.05) is 6.42 Å². The quantitative estimate of drug-likeness (QED) is 0.542. The molecular weight excluding hydrogens is 459 g/mol. The molecule has 1 aromatic heterocycles. The smallest absolute Gasteiger partial charge is 0.259 e. The highest BCUT2D eigenvalue weighted by atomic mass is 32.2. The van der Waals surface area contributed by atoms with Crippen LogP contribution in [0.25, 0.3) is 5.69 Å². The Morgan fingerprint density at radius 3 is 2.50 bits per heavy atom. The molecule has 0 saturated carbocycles. The summed E-state index contributed by atoms with van der Waals surface area (Å²) in [6.45, 7) is 4.76. The monoisotopic (exact) mass is 486 g/mol. The number of hydrogen-bond acceptors (Lipinski definition) is 5. The van der Waals surface area contributed by atoms with Gasteiger partial charge in [-0.25, -0.2) is 17.5 Å². The van der Waals surface area contributed by atoms with E-state index < -0.39 is 15.9 Å². The Kier molecular flexibility index (Phi) is 6.99. The topological polar surface area (TPSA) is 93.5 Å². The summed E-state index contributed by atoms with van der Waals surface area (Å²) >= 11 is 0. The molecule has 3 aromatic rings. The largest absolute Gasteiger partial charge is 0.492 e. The van der Waals surface area contributed by atoms with Gasteiger partial charge >= 0.3 is 0 Å². The maximum Gasteiger partial charge on any atom is 0.259 e. The molecule has 0 unspecified atom stereocenters. The molecule has 2 aromatic carbocycles. The number of halogens is 1. The fourth-order valence-corrected chi connectivity index (χ4v) is 5.65. The summed E-state index contributed by atoms with van der Waals surface area (Å²) in [5.74, 6) is -0.542. The van der Waals surface area contributed by atoms with E-state index in [2.05, 4.69) is 10.4 Å². The van der Waals surface area contributed by atoms with Crippen LogP contribution in [0.1, 0.15) is 42.2 Å². The van der Waals surface area contributed by atoms with Gasteiger partial charge in [-0.15, -0.1) is 0 Å². The van der Waals surface area contributed by atoms with Gasteiger partial charge in [-0.05, 0) is 69.2 Å². The Hall–Kier alpha value is -3.24. The molecule has 1 fully saturated rings. The van der Waals surface area contributed by atoms with Crippen LogP contribution in [0.3, 0.4) is 0 Å². The summed E-state index contributed by atoms with van der Waals surface area (Å²) in [5.41, 5.74) is 1.83. The Bertz CT molecular complexity index is 1280. The highest BCUT2D eigenvalue weighted by Crippen LogP contribution is 2.31. The minimum absolute atomic E-state index is 0.0350. The van der Waals surface area contributed by atoms with Gasteiger partial charge < -0.3 is 10.1 Å². The number of benzene rings is 2. The Labute approximate surface area is 198 Å². The third-order valence-corrected chi connectivity index (χ3v) is 7.68. The van der Waals surface area contributed by atoms with Gasteiger partial charge in [-0.2, -0.15) is 9.40 Å². The standard InChI is InChI=1S/C24H27FN4O4S/c1-3-33-22-12-9-19(15-23(22)34(31,32)28-13-5-4-6-14-28)27-24(30)21-16-26-29(17(21)2)20-10-7-18(25)8-11-20/h7-12,15-16H,3-6,13-14H2,1-2H3,(H,27,30). The molecule has 1 amide bonds. The number of hydrogen-bond donors (Lipinski definition) is 1. The minimum atomic E-state index is -3.77. The average Bonchev–Trinajstić information content (AvgIpc) is 3.22. The van der Waals surface area contributed by atoms with Crippen molar-refractivity contribution in [2.45, 2.75) is 38.0 Å². The van der Waals surface area contributed by atoms with E-state index in [1.54, 1.807) is 42.8 Å². The van der Waals surface area contributed by atoms with Crippen molar-refractivity contribution in [2.75, 3.05) is 25.0 Å². The van der Waals surface area contributed by atoms with Crippen LogP contribution in [0.2, 0.25) is 0 Å². The van der Waals surface area contributed by atoms with Crippen molar-refractivity contribution >= 4 is 21.6 Å². The van der Waals surface area contributed by atoms with Gasteiger partial charge in [-0.3, -0.25) is 4.79 Å². The molecular formula is C24H27FN4O4S. The molecule has 1 aliphatic rings. The second-order valence-corrected chi connectivity index (χ2v) is 9.95. The van der Waals surface area contributed by atoms with Crippen LogP contribution in [-0.2, 0) is 10.0 Å². The van der Waals surface area contributed by atoms with E-state index in [1.165, 1.54) is 28.7 Å². The van der Waals surface area contributed by atoms with Crippen LogP contribution in [0, 0.1) is 12.7 Å². The summed E-state index contributed by atoms with van der Waals surface area (Å²) in [6, 6.07) is 10.4. The first kappa shape index (κ1) is 23.9. The van der Waals surface area contributed by atoms with Gasteiger partial charge in [0.05, 0.1) is 29.7 Å². The van der Waals surface area contributed by atoms with Gasteiger partial charge in [0.1, 0.15) is 16.5 Å². The van der Waals surface area contributed by atoms with Gasteiger partial charge in [0, 0.05) is 18.8 Å². The second kappa shape index (κ2) is 9.94. The molecule has 8 nitrogen and oxygen atoms in total.